The summed E-state index contributed by atoms with van der Waals surface area (Å²) in [5.74, 6) is -0.584. The summed E-state index contributed by atoms with van der Waals surface area (Å²) < 4.78 is 12.8. The molecule has 5 heteroatoms. The van der Waals surface area contributed by atoms with Gasteiger partial charge in [-0.25, -0.2) is 4.39 Å². The van der Waals surface area contributed by atoms with E-state index in [1.54, 1.807) is 0 Å². The van der Waals surface area contributed by atoms with Crippen molar-refractivity contribution < 1.29 is 9.31 Å². The van der Waals surface area contributed by atoms with E-state index >= 15 is 0 Å². The zero-order valence-electron chi connectivity index (χ0n) is 6.24. The Bertz CT molecular complexity index is 340. The van der Waals surface area contributed by atoms with Gasteiger partial charge in [-0.1, -0.05) is 0 Å². The van der Waals surface area contributed by atoms with Gasteiger partial charge < -0.3 is 0 Å². The van der Waals surface area contributed by atoms with Crippen molar-refractivity contribution in [2.45, 2.75) is 11.8 Å². The highest BCUT2D eigenvalue weighted by Gasteiger charge is 2.13. The van der Waals surface area contributed by atoms with Crippen LogP contribution in [0.2, 0.25) is 0 Å². The molecule has 1 rings (SSSR count). The summed E-state index contributed by atoms with van der Waals surface area (Å²) in [7, 11) is 0. The second kappa shape index (κ2) is 3.10. The topological polar surface area (TPSA) is 43.1 Å². The van der Waals surface area contributed by atoms with Crippen LogP contribution in [0.25, 0.3) is 0 Å². The fraction of sp³-hybridized carbons (Fsp3) is 0.143. The number of halogens is 1. The molecule has 0 aliphatic heterocycles. The van der Waals surface area contributed by atoms with Gasteiger partial charge in [0, 0.05) is 0 Å². The Labute approximate surface area is 73.8 Å². The first-order chi connectivity index (χ1) is 5.52. The smallest absolute Gasteiger partial charge is 0.258 e. The third-order valence-electron chi connectivity index (χ3n) is 1.45. The summed E-state index contributed by atoms with van der Waals surface area (Å²) in [6.07, 6.45) is 0. The lowest BCUT2D eigenvalue weighted by molar-refractivity contribution is -0.387. The number of hydrogen-bond acceptors (Lipinski definition) is 3. The van der Waals surface area contributed by atoms with Crippen molar-refractivity contribution in [3.8, 4) is 0 Å². The second-order valence-corrected chi connectivity index (χ2v) is 2.83. The largest absolute Gasteiger partial charge is 0.285 e. The van der Waals surface area contributed by atoms with Gasteiger partial charge in [0.15, 0.2) is 0 Å². The van der Waals surface area contributed by atoms with Crippen molar-refractivity contribution in [2.75, 3.05) is 0 Å². The summed E-state index contributed by atoms with van der Waals surface area (Å²) in [6.45, 7) is 1.53. The molecular weight excluding hydrogens is 181 g/mol. The van der Waals surface area contributed by atoms with E-state index in [9.17, 15) is 14.5 Å². The number of rotatable bonds is 1. The lowest BCUT2D eigenvalue weighted by atomic mass is 10.2. The standard InChI is InChI=1S/C7H6FNO2S/c1-4-2-7(12)6(9(10)11)3-5(4)8/h2-3,12H,1H3. The maximum absolute atomic E-state index is 12.8. The number of nitro benzene ring substituents is 1. The van der Waals surface area contributed by atoms with E-state index in [2.05, 4.69) is 12.6 Å². The summed E-state index contributed by atoms with van der Waals surface area (Å²) in [6, 6.07) is 2.20. The van der Waals surface area contributed by atoms with Crippen LogP contribution in [-0.4, -0.2) is 4.92 Å². The van der Waals surface area contributed by atoms with Crippen LogP contribution in [0.15, 0.2) is 17.0 Å². The number of nitrogens with zero attached hydrogens (tertiary/aromatic N) is 1. The average Bonchev–Trinajstić information content (AvgIpc) is 1.96. The van der Waals surface area contributed by atoms with Crippen molar-refractivity contribution in [3.63, 3.8) is 0 Å². The van der Waals surface area contributed by atoms with Crippen molar-refractivity contribution in [1.29, 1.82) is 0 Å². The van der Waals surface area contributed by atoms with Crippen LogP contribution < -0.4 is 0 Å². The molecule has 0 heterocycles. The van der Waals surface area contributed by atoms with Crippen LogP contribution in [-0.2, 0) is 0 Å². The fourth-order valence-electron chi connectivity index (χ4n) is 0.802. The summed E-state index contributed by atoms with van der Waals surface area (Å²) >= 11 is 3.85. The molecule has 12 heavy (non-hydrogen) atoms. The van der Waals surface area contributed by atoms with Crippen LogP contribution in [0.5, 0.6) is 0 Å². The maximum atomic E-state index is 12.8. The van der Waals surface area contributed by atoms with Crippen LogP contribution in [0.1, 0.15) is 5.56 Å². The Hall–Kier alpha value is -1.10. The van der Waals surface area contributed by atoms with Gasteiger partial charge in [-0.15, -0.1) is 12.6 Å². The molecule has 0 aliphatic rings. The first-order valence-electron chi connectivity index (χ1n) is 3.16. The van der Waals surface area contributed by atoms with Crippen LogP contribution in [0.4, 0.5) is 10.1 Å². The molecule has 0 atom stereocenters. The van der Waals surface area contributed by atoms with Gasteiger partial charge in [0.05, 0.1) is 15.9 Å². The Balaban J connectivity index is 3.33. The first kappa shape index (κ1) is 8.99. The SMILES string of the molecule is Cc1cc(S)c([N+](=O)[O-])cc1F. The molecule has 3 nitrogen and oxygen atoms in total. The van der Waals surface area contributed by atoms with E-state index in [1.165, 1.54) is 13.0 Å². The molecule has 1 aromatic rings. The zero-order valence-corrected chi connectivity index (χ0v) is 7.14. The normalized spacial score (nSPS) is 9.92. The van der Waals surface area contributed by atoms with Crippen molar-refractivity contribution in [1.82, 2.24) is 0 Å². The van der Waals surface area contributed by atoms with E-state index in [4.69, 9.17) is 0 Å². The van der Waals surface area contributed by atoms with E-state index in [1.807, 2.05) is 0 Å². The lowest BCUT2D eigenvalue weighted by Crippen LogP contribution is -1.92. The third kappa shape index (κ3) is 1.55. The van der Waals surface area contributed by atoms with Crippen molar-refractivity contribution >= 4 is 18.3 Å². The van der Waals surface area contributed by atoms with E-state index in [-0.39, 0.29) is 10.6 Å². The Morgan fingerprint density at radius 3 is 2.67 bits per heavy atom. The molecule has 0 spiro atoms. The van der Waals surface area contributed by atoms with Gasteiger partial charge in [-0.3, -0.25) is 10.1 Å². The second-order valence-electron chi connectivity index (χ2n) is 2.35. The minimum Gasteiger partial charge on any atom is -0.258 e. The lowest BCUT2D eigenvalue weighted by Gasteiger charge is -1.98. The zero-order chi connectivity index (χ0) is 9.30. The minimum absolute atomic E-state index is 0.180. The molecular formula is C7H6FNO2S. The maximum Gasteiger partial charge on any atom is 0.285 e. The van der Waals surface area contributed by atoms with E-state index in [0.717, 1.165) is 6.07 Å². The Kier molecular flexibility index (Phi) is 2.32. The monoisotopic (exact) mass is 187 g/mol. The predicted molar refractivity (Wildman–Crippen MR) is 45.0 cm³/mol. The van der Waals surface area contributed by atoms with Crippen LogP contribution >= 0.6 is 12.6 Å². The number of hydrogen-bond donors (Lipinski definition) is 1. The average molecular weight is 187 g/mol. The molecule has 0 saturated carbocycles. The molecule has 0 fully saturated rings. The molecule has 64 valence electrons. The summed E-state index contributed by atoms with van der Waals surface area (Å²) in [5.41, 5.74) is 0.0482. The molecule has 0 aromatic heterocycles. The van der Waals surface area contributed by atoms with Gasteiger partial charge in [0.25, 0.3) is 5.69 Å². The van der Waals surface area contributed by atoms with Gasteiger partial charge >= 0.3 is 0 Å². The van der Waals surface area contributed by atoms with E-state index < -0.39 is 10.7 Å². The molecule has 0 amide bonds. The quantitative estimate of drug-likeness (QED) is 0.416. The number of nitro groups is 1. The molecule has 0 saturated heterocycles. The van der Waals surface area contributed by atoms with Crippen LogP contribution in [0, 0.1) is 22.9 Å². The van der Waals surface area contributed by atoms with Gasteiger partial charge in [0.2, 0.25) is 0 Å². The molecule has 0 bridgehead atoms. The first-order valence-corrected chi connectivity index (χ1v) is 3.60. The molecule has 0 aliphatic carbocycles. The fourth-order valence-corrected chi connectivity index (χ4v) is 1.14. The third-order valence-corrected chi connectivity index (χ3v) is 1.81. The van der Waals surface area contributed by atoms with Crippen molar-refractivity contribution in [2.24, 2.45) is 0 Å². The Morgan fingerprint density at radius 1 is 1.58 bits per heavy atom. The minimum atomic E-state index is -0.662. The predicted octanol–water partition coefficient (Wildman–Crippen LogP) is 2.33. The van der Waals surface area contributed by atoms with Gasteiger partial charge in [0.1, 0.15) is 5.82 Å². The van der Waals surface area contributed by atoms with E-state index in [0.29, 0.717) is 5.56 Å². The summed E-state index contributed by atoms with van der Waals surface area (Å²) in [5, 5.41) is 10.3. The van der Waals surface area contributed by atoms with Crippen LogP contribution in [0.3, 0.4) is 0 Å². The van der Waals surface area contributed by atoms with Gasteiger partial charge in [-0.05, 0) is 18.6 Å². The number of aryl methyl sites for hydroxylation is 1. The highest BCUT2D eigenvalue weighted by Crippen LogP contribution is 2.25. The number of benzene rings is 1. The Morgan fingerprint density at radius 2 is 2.17 bits per heavy atom. The molecule has 0 N–H and O–H groups in total. The molecule has 0 radical (unpaired) electrons. The highest BCUT2D eigenvalue weighted by molar-refractivity contribution is 7.80. The van der Waals surface area contributed by atoms with Crippen molar-refractivity contribution in [3.05, 3.63) is 33.6 Å². The molecule has 0 unspecified atom stereocenters. The summed E-state index contributed by atoms with van der Waals surface area (Å²) in [4.78, 5) is 9.79. The molecule has 1 aromatic carbocycles. The number of thiol groups is 1. The van der Waals surface area contributed by atoms with Gasteiger partial charge in [-0.2, -0.15) is 0 Å². The highest BCUT2D eigenvalue weighted by atomic mass is 32.1.